The van der Waals surface area contributed by atoms with Gasteiger partial charge in [-0.1, -0.05) is 13.8 Å². The Labute approximate surface area is 149 Å². The fourth-order valence-corrected chi connectivity index (χ4v) is 6.81. The molecule has 1 aromatic carbocycles. The van der Waals surface area contributed by atoms with Crippen LogP contribution in [0, 0.1) is 17.3 Å². The minimum absolute atomic E-state index is 0.0245. The second-order valence-corrected chi connectivity index (χ2v) is 9.54. The van der Waals surface area contributed by atoms with Crippen molar-refractivity contribution >= 4 is 5.91 Å². The smallest absolute Gasteiger partial charge is 0.220 e. The molecule has 4 nitrogen and oxygen atoms in total. The van der Waals surface area contributed by atoms with Crippen molar-refractivity contribution in [2.24, 2.45) is 17.3 Å². The van der Waals surface area contributed by atoms with Crippen LogP contribution in [0.25, 0.3) is 0 Å². The molecule has 0 unspecified atom stereocenters. The predicted octanol–water partition coefficient (Wildman–Crippen LogP) is 3.63. The number of aromatic hydroxyl groups is 2. The van der Waals surface area contributed by atoms with Gasteiger partial charge in [-0.3, -0.25) is 4.79 Å². The molecule has 1 aromatic rings. The molecular formula is C21H29NO3. The molecule has 0 aromatic heterocycles. The zero-order valence-electron chi connectivity index (χ0n) is 15.6. The van der Waals surface area contributed by atoms with Gasteiger partial charge in [0.2, 0.25) is 5.91 Å². The monoisotopic (exact) mass is 343 g/mol. The van der Waals surface area contributed by atoms with Gasteiger partial charge in [0.15, 0.2) is 0 Å². The van der Waals surface area contributed by atoms with E-state index < -0.39 is 0 Å². The maximum absolute atomic E-state index is 12.3. The lowest BCUT2D eigenvalue weighted by atomic mass is 9.48. The number of hydrogen-bond donors (Lipinski definition) is 3. The van der Waals surface area contributed by atoms with Crippen LogP contribution in [-0.2, 0) is 16.6 Å². The Hall–Kier alpha value is -1.71. The molecule has 1 aliphatic heterocycles. The SMILES string of the molecule is CC1(C)NC(=O)CC[C@]2(C)[C@H]3Cc4cc(O)cc(O)c4[C@]3(C)CC[C@@H]12. The van der Waals surface area contributed by atoms with Crippen molar-refractivity contribution in [3.05, 3.63) is 23.3 Å². The fourth-order valence-electron chi connectivity index (χ4n) is 6.81. The minimum atomic E-state index is -0.220. The summed E-state index contributed by atoms with van der Waals surface area (Å²) in [6.45, 7) is 8.94. The first-order valence-electron chi connectivity index (χ1n) is 9.44. The molecule has 1 heterocycles. The van der Waals surface area contributed by atoms with Crippen molar-refractivity contribution in [1.82, 2.24) is 5.32 Å². The van der Waals surface area contributed by atoms with Crippen molar-refractivity contribution in [3.8, 4) is 11.5 Å². The highest BCUT2D eigenvalue weighted by molar-refractivity contribution is 5.77. The number of benzene rings is 1. The van der Waals surface area contributed by atoms with Crippen molar-refractivity contribution < 1.29 is 15.0 Å². The summed E-state index contributed by atoms with van der Waals surface area (Å²) < 4.78 is 0. The summed E-state index contributed by atoms with van der Waals surface area (Å²) in [5, 5.41) is 23.8. The third-order valence-corrected chi connectivity index (χ3v) is 7.72. The number of nitrogens with one attached hydrogen (secondary N) is 1. The molecule has 0 spiro atoms. The summed E-state index contributed by atoms with van der Waals surface area (Å²) in [6, 6.07) is 3.30. The molecular weight excluding hydrogens is 314 g/mol. The standard InChI is InChI=1S/C21H29NO3/c1-19(2)15-5-7-21(4)16(20(15,3)8-6-17(25)22-19)10-12-9-13(23)11-14(24)18(12)21/h9,11,15-16,23-24H,5-8,10H2,1-4H3,(H,22,25)/t15-,16+,20-,21+/m0/s1. The number of rotatable bonds is 0. The minimum Gasteiger partial charge on any atom is -0.508 e. The van der Waals surface area contributed by atoms with Gasteiger partial charge in [-0.05, 0) is 68.4 Å². The summed E-state index contributed by atoms with van der Waals surface area (Å²) >= 11 is 0. The van der Waals surface area contributed by atoms with Gasteiger partial charge in [-0.2, -0.15) is 0 Å². The molecule has 4 rings (SSSR count). The van der Waals surface area contributed by atoms with Gasteiger partial charge in [0.25, 0.3) is 0 Å². The van der Waals surface area contributed by atoms with Gasteiger partial charge < -0.3 is 15.5 Å². The van der Waals surface area contributed by atoms with E-state index >= 15 is 0 Å². The quantitative estimate of drug-likeness (QED) is 0.674. The Morgan fingerprint density at radius 3 is 2.52 bits per heavy atom. The normalized spacial score (nSPS) is 39.0. The van der Waals surface area contributed by atoms with Gasteiger partial charge in [-0.15, -0.1) is 0 Å². The number of phenols is 2. The number of hydrogen-bond acceptors (Lipinski definition) is 3. The summed E-state index contributed by atoms with van der Waals surface area (Å²) in [6.07, 6.45) is 4.36. The van der Waals surface area contributed by atoms with E-state index in [2.05, 4.69) is 33.0 Å². The van der Waals surface area contributed by atoms with Gasteiger partial charge in [0.1, 0.15) is 11.5 Å². The van der Waals surface area contributed by atoms with Crippen LogP contribution < -0.4 is 5.32 Å². The first-order chi connectivity index (χ1) is 11.6. The lowest BCUT2D eigenvalue weighted by molar-refractivity contribution is -0.122. The van der Waals surface area contributed by atoms with Gasteiger partial charge in [0, 0.05) is 29.0 Å². The first kappa shape index (κ1) is 16.7. The molecule has 1 saturated carbocycles. The summed E-state index contributed by atoms with van der Waals surface area (Å²) in [5.74, 6) is 1.30. The highest BCUT2D eigenvalue weighted by Crippen LogP contribution is 2.65. The second-order valence-electron chi connectivity index (χ2n) is 9.54. The molecule has 3 aliphatic rings. The zero-order chi connectivity index (χ0) is 18.2. The van der Waals surface area contributed by atoms with Crippen LogP contribution >= 0.6 is 0 Å². The number of carbonyl (C=O) groups is 1. The van der Waals surface area contributed by atoms with Gasteiger partial charge >= 0.3 is 0 Å². The third kappa shape index (κ3) is 2.15. The van der Waals surface area contributed by atoms with E-state index in [0.29, 0.717) is 18.3 Å². The molecule has 0 bridgehead atoms. The summed E-state index contributed by atoms with van der Waals surface area (Å²) in [5.41, 5.74) is 1.81. The zero-order valence-corrected chi connectivity index (χ0v) is 15.6. The van der Waals surface area contributed by atoms with Crippen LogP contribution in [0.4, 0.5) is 0 Å². The number of fused-ring (bicyclic) bond motifs is 5. The lowest BCUT2D eigenvalue weighted by Crippen LogP contribution is -2.58. The van der Waals surface area contributed by atoms with Crippen molar-refractivity contribution in [1.29, 1.82) is 0 Å². The predicted molar refractivity (Wildman–Crippen MR) is 96.6 cm³/mol. The van der Waals surface area contributed by atoms with Crippen LogP contribution in [0.15, 0.2) is 12.1 Å². The average molecular weight is 343 g/mol. The van der Waals surface area contributed by atoms with Crippen LogP contribution in [0.5, 0.6) is 11.5 Å². The molecule has 2 aliphatic carbocycles. The number of carbonyl (C=O) groups excluding carboxylic acids is 1. The maximum atomic E-state index is 12.3. The van der Waals surface area contributed by atoms with Gasteiger partial charge in [-0.25, -0.2) is 0 Å². The Balaban J connectivity index is 1.85. The van der Waals surface area contributed by atoms with E-state index in [1.54, 1.807) is 0 Å². The second kappa shape index (κ2) is 4.93. The maximum Gasteiger partial charge on any atom is 0.220 e. The van der Waals surface area contributed by atoms with E-state index in [1.807, 2.05) is 6.07 Å². The average Bonchev–Trinajstić information content (AvgIpc) is 2.74. The highest BCUT2D eigenvalue weighted by atomic mass is 16.3. The number of phenolic OH excluding ortho intramolecular Hbond substituents is 2. The molecule has 1 amide bonds. The third-order valence-electron chi connectivity index (χ3n) is 7.72. The fraction of sp³-hybridized carbons (Fsp3) is 0.667. The van der Waals surface area contributed by atoms with Crippen molar-refractivity contribution in [2.45, 2.75) is 70.8 Å². The van der Waals surface area contributed by atoms with Crippen molar-refractivity contribution in [3.63, 3.8) is 0 Å². The van der Waals surface area contributed by atoms with Crippen LogP contribution in [0.1, 0.15) is 64.5 Å². The Morgan fingerprint density at radius 2 is 1.80 bits per heavy atom. The van der Waals surface area contributed by atoms with Crippen LogP contribution in [0.3, 0.4) is 0 Å². The Bertz CT molecular complexity index is 756. The molecule has 4 atom stereocenters. The summed E-state index contributed by atoms with van der Waals surface area (Å²) in [4.78, 5) is 12.3. The molecule has 136 valence electrons. The molecule has 2 fully saturated rings. The topological polar surface area (TPSA) is 69.6 Å². The summed E-state index contributed by atoms with van der Waals surface area (Å²) in [7, 11) is 0. The molecule has 1 saturated heterocycles. The van der Waals surface area contributed by atoms with E-state index in [-0.39, 0.29) is 33.8 Å². The Kier molecular flexibility index (Phi) is 3.30. The molecule has 0 radical (unpaired) electrons. The first-order valence-corrected chi connectivity index (χ1v) is 9.44. The lowest BCUT2D eigenvalue weighted by Gasteiger charge is -2.57. The Morgan fingerprint density at radius 1 is 1.08 bits per heavy atom. The van der Waals surface area contributed by atoms with E-state index in [0.717, 1.165) is 36.8 Å². The van der Waals surface area contributed by atoms with Crippen LogP contribution in [0.2, 0.25) is 0 Å². The van der Waals surface area contributed by atoms with Gasteiger partial charge in [0.05, 0.1) is 0 Å². The van der Waals surface area contributed by atoms with E-state index in [4.69, 9.17) is 0 Å². The van der Waals surface area contributed by atoms with E-state index in [1.165, 1.54) is 6.07 Å². The molecule has 3 N–H and O–H groups in total. The molecule has 25 heavy (non-hydrogen) atoms. The van der Waals surface area contributed by atoms with Crippen LogP contribution in [-0.4, -0.2) is 21.7 Å². The molecule has 4 heteroatoms. The number of amides is 1. The van der Waals surface area contributed by atoms with Crippen molar-refractivity contribution in [2.75, 3.05) is 0 Å². The van der Waals surface area contributed by atoms with E-state index in [9.17, 15) is 15.0 Å². The largest absolute Gasteiger partial charge is 0.508 e. The highest BCUT2D eigenvalue weighted by Gasteiger charge is 2.61.